The molecule has 0 aliphatic heterocycles. The number of halogens is 1. The van der Waals surface area contributed by atoms with Gasteiger partial charge in [-0.25, -0.2) is 0 Å². The van der Waals surface area contributed by atoms with Crippen molar-refractivity contribution in [1.29, 1.82) is 0 Å². The summed E-state index contributed by atoms with van der Waals surface area (Å²) >= 11 is 5.64. The molecule has 0 heterocycles. The Labute approximate surface area is 59.0 Å². The maximum absolute atomic E-state index is 10.1. The maximum Gasteiger partial charge on any atom is 0.146 e. The average Bonchev–Trinajstić information content (AvgIpc) is 1.90. The SMILES string of the molecule is O=CC1=CC=C(Cl)CC1. The first-order chi connectivity index (χ1) is 4.33. The van der Waals surface area contributed by atoms with Crippen molar-refractivity contribution in [1.82, 2.24) is 0 Å². The normalized spacial score (nSPS) is 18.3. The van der Waals surface area contributed by atoms with E-state index in [1.165, 1.54) is 0 Å². The molecule has 0 N–H and O–H groups in total. The fourth-order valence-corrected chi connectivity index (χ4v) is 0.884. The van der Waals surface area contributed by atoms with Crippen LogP contribution < -0.4 is 0 Å². The minimum atomic E-state index is 0.791. The number of allylic oxidation sites excluding steroid dienone is 4. The van der Waals surface area contributed by atoms with Crippen molar-refractivity contribution >= 4 is 17.9 Å². The number of hydrogen-bond donors (Lipinski definition) is 0. The minimum absolute atomic E-state index is 0.791. The summed E-state index contributed by atoms with van der Waals surface area (Å²) in [6.45, 7) is 0. The van der Waals surface area contributed by atoms with Gasteiger partial charge >= 0.3 is 0 Å². The molecule has 48 valence electrons. The first-order valence-corrected chi connectivity index (χ1v) is 3.21. The summed E-state index contributed by atoms with van der Waals surface area (Å²) in [7, 11) is 0. The van der Waals surface area contributed by atoms with E-state index in [2.05, 4.69) is 0 Å². The van der Waals surface area contributed by atoms with Crippen LogP contribution in [0, 0.1) is 0 Å². The van der Waals surface area contributed by atoms with Gasteiger partial charge in [-0.15, -0.1) is 0 Å². The average molecular weight is 143 g/mol. The van der Waals surface area contributed by atoms with Crippen molar-refractivity contribution in [3.8, 4) is 0 Å². The van der Waals surface area contributed by atoms with Crippen LogP contribution in [0.2, 0.25) is 0 Å². The van der Waals surface area contributed by atoms with Crippen molar-refractivity contribution in [2.75, 3.05) is 0 Å². The van der Waals surface area contributed by atoms with Gasteiger partial charge in [-0.3, -0.25) is 4.79 Å². The predicted octanol–water partition coefficient (Wildman–Crippen LogP) is 2.03. The third kappa shape index (κ3) is 1.68. The predicted molar refractivity (Wildman–Crippen MR) is 37.3 cm³/mol. The fourth-order valence-electron chi connectivity index (χ4n) is 0.726. The molecule has 0 unspecified atom stereocenters. The highest BCUT2D eigenvalue weighted by atomic mass is 35.5. The summed E-state index contributed by atoms with van der Waals surface area (Å²) in [6.07, 6.45) is 6.01. The van der Waals surface area contributed by atoms with Gasteiger partial charge in [0.1, 0.15) is 6.29 Å². The van der Waals surface area contributed by atoms with Crippen LogP contribution in [-0.2, 0) is 4.79 Å². The number of rotatable bonds is 1. The van der Waals surface area contributed by atoms with Crippen molar-refractivity contribution < 1.29 is 4.79 Å². The molecule has 2 heteroatoms. The molecular formula is C7H7ClO. The molecule has 0 amide bonds. The lowest BCUT2D eigenvalue weighted by Crippen LogP contribution is -1.89. The Morgan fingerprint density at radius 3 is 2.67 bits per heavy atom. The minimum Gasteiger partial charge on any atom is -0.298 e. The molecule has 0 fully saturated rings. The van der Waals surface area contributed by atoms with Crippen LogP contribution in [0.5, 0.6) is 0 Å². The summed E-state index contributed by atoms with van der Waals surface area (Å²) in [6, 6.07) is 0. The van der Waals surface area contributed by atoms with Gasteiger partial charge in [-0.05, 0) is 24.5 Å². The van der Waals surface area contributed by atoms with Gasteiger partial charge < -0.3 is 0 Å². The lowest BCUT2D eigenvalue weighted by Gasteiger charge is -2.02. The molecule has 1 rings (SSSR count). The standard InChI is InChI=1S/C7H7ClO/c8-7-3-1-6(5-9)2-4-7/h1,3,5H,2,4H2. The fraction of sp³-hybridized carbons (Fsp3) is 0.286. The molecule has 0 aromatic carbocycles. The maximum atomic E-state index is 10.1. The zero-order chi connectivity index (χ0) is 6.69. The Balaban J connectivity index is 2.69. The van der Waals surface area contributed by atoms with E-state index < -0.39 is 0 Å². The van der Waals surface area contributed by atoms with E-state index in [9.17, 15) is 4.79 Å². The van der Waals surface area contributed by atoms with E-state index in [0.717, 1.165) is 29.7 Å². The molecule has 1 nitrogen and oxygen atoms in total. The van der Waals surface area contributed by atoms with Gasteiger partial charge in [0.05, 0.1) is 0 Å². The highest BCUT2D eigenvalue weighted by molar-refractivity contribution is 6.29. The molecule has 0 saturated heterocycles. The van der Waals surface area contributed by atoms with Gasteiger partial charge in [0.25, 0.3) is 0 Å². The van der Waals surface area contributed by atoms with Crippen molar-refractivity contribution in [3.63, 3.8) is 0 Å². The molecule has 0 spiro atoms. The lowest BCUT2D eigenvalue weighted by atomic mass is 10.1. The van der Waals surface area contributed by atoms with E-state index in [-0.39, 0.29) is 0 Å². The van der Waals surface area contributed by atoms with E-state index >= 15 is 0 Å². The van der Waals surface area contributed by atoms with Crippen LogP contribution in [0.25, 0.3) is 0 Å². The Hall–Kier alpha value is -0.560. The Morgan fingerprint density at radius 1 is 1.44 bits per heavy atom. The summed E-state index contributed by atoms with van der Waals surface area (Å²) in [5.74, 6) is 0. The van der Waals surface area contributed by atoms with Crippen LogP contribution in [0.1, 0.15) is 12.8 Å². The molecule has 0 bridgehead atoms. The number of hydrogen-bond acceptors (Lipinski definition) is 1. The highest BCUT2D eigenvalue weighted by Crippen LogP contribution is 2.18. The lowest BCUT2D eigenvalue weighted by molar-refractivity contribution is -0.105. The zero-order valence-electron chi connectivity index (χ0n) is 4.93. The summed E-state index contributed by atoms with van der Waals surface area (Å²) in [4.78, 5) is 10.1. The second-order valence-electron chi connectivity index (χ2n) is 1.97. The first-order valence-electron chi connectivity index (χ1n) is 2.83. The molecule has 0 aromatic heterocycles. The monoisotopic (exact) mass is 142 g/mol. The van der Waals surface area contributed by atoms with Crippen LogP contribution in [0.4, 0.5) is 0 Å². The van der Waals surface area contributed by atoms with Crippen molar-refractivity contribution in [3.05, 3.63) is 22.8 Å². The second kappa shape index (κ2) is 2.83. The van der Waals surface area contributed by atoms with Gasteiger partial charge in [0, 0.05) is 5.03 Å². The van der Waals surface area contributed by atoms with Gasteiger partial charge in [0.2, 0.25) is 0 Å². The Bertz CT molecular complexity index is 179. The molecule has 9 heavy (non-hydrogen) atoms. The zero-order valence-corrected chi connectivity index (χ0v) is 5.69. The largest absolute Gasteiger partial charge is 0.298 e. The molecular weight excluding hydrogens is 136 g/mol. The van der Waals surface area contributed by atoms with E-state index in [1.54, 1.807) is 12.2 Å². The highest BCUT2D eigenvalue weighted by Gasteiger charge is 2.01. The molecule has 0 atom stereocenters. The van der Waals surface area contributed by atoms with E-state index in [0.29, 0.717) is 0 Å². The summed E-state index contributed by atoms with van der Waals surface area (Å²) < 4.78 is 0. The van der Waals surface area contributed by atoms with Crippen LogP contribution >= 0.6 is 11.6 Å². The third-order valence-corrected chi connectivity index (χ3v) is 1.60. The van der Waals surface area contributed by atoms with Crippen molar-refractivity contribution in [2.45, 2.75) is 12.8 Å². The van der Waals surface area contributed by atoms with Gasteiger partial charge in [0.15, 0.2) is 0 Å². The topological polar surface area (TPSA) is 17.1 Å². The van der Waals surface area contributed by atoms with E-state index in [4.69, 9.17) is 11.6 Å². The molecule has 1 aliphatic rings. The number of carbonyl (C=O) groups is 1. The molecule has 0 aromatic rings. The van der Waals surface area contributed by atoms with Crippen LogP contribution in [0.3, 0.4) is 0 Å². The van der Waals surface area contributed by atoms with Gasteiger partial charge in [-0.1, -0.05) is 17.7 Å². The second-order valence-corrected chi connectivity index (χ2v) is 2.46. The molecule has 1 aliphatic carbocycles. The van der Waals surface area contributed by atoms with Crippen LogP contribution in [-0.4, -0.2) is 6.29 Å². The quantitative estimate of drug-likeness (QED) is 0.512. The first kappa shape index (κ1) is 6.56. The summed E-state index contributed by atoms with van der Waals surface area (Å²) in [5.41, 5.74) is 0.833. The van der Waals surface area contributed by atoms with Gasteiger partial charge in [-0.2, -0.15) is 0 Å². The molecule has 0 saturated carbocycles. The summed E-state index contributed by atoms with van der Waals surface area (Å²) in [5, 5.41) is 0.834. The molecule has 0 radical (unpaired) electrons. The van der Waals surface area contributed by atoms with Crippen LogP contribution in [0.15, 0.2) is 22.8 Å². The third-order valence-electron chi connectivity index (χ3n) is 1.28. The Kier molecular flexibility index (Phi) is 2.06. The Morgan fingerprint density at radius 2 is 2.22 bits per heavy atom. The smallest absolute Gasteiger partial charge is 0.146 e. The van der Waals surface area contributed by atoms with E-state index in [1.807, 2.05) is 0 Å². The van der Waals surface area contributed by atoms with Crippen molar-refractivity contribution in [2.24, 2.45) is 0 Å². The number of aldehydes is 1. The number of carbonyl (C=O) groups excluding carboxylic acids is 1.